The number of imidazole rings is 1. The largest absolute Gasteiger partial charge is 0.450 e. The van der Waals surface area contributed by atoms with Gasteiger partial charge in [0.2, 0.25) is 5.78 Å². The van der Waals surface area contributed by atoms with Crippen LogP contribution in [0.15, 0.2) is 61.1 Å². The topological polar surface area (TPSA) is 61.2 Å². The molecule has 0 amide bonds. The molecule has 1 aromatic heterocycles. The molecule has 0 aliphatic rings. The van der Waals surface area contributed by atoms with Crippen molar-refractivity contribution in [3.63, 3.8) is 0 Å². The number of esters is 1. The van der Waals surface area contributed by atoms with E-state index in [-0.39, 0.29) is 17.3 Å². The molecule has 0 saturated carbocycles. The molecule has 5 nitrogen and oxygen atoms in total. The molecule has 1 atom stereocenters. The Hall–Kier alpha value is -3.28. The number of ketones is 1. The summed E-state index contributed by atoms with van der Waals surface area (Å²) in [5.74, 6) is -1.35. The van der Waals surface area contributed by atoms with Gasteiger partial charge in [-0.1, -0.05) is 29.8 Å². The van der Waals surface area contributed by atoms with E-state index in [9.17, 15) is 14.0 Å². The van der Waals surface area contributed by atoms with Crippen molar-refractivity contribution < 1.29 is 18.7 Å². The summed E-state index contributed by atoms with van der Waals surface area (Å²) in [6.07, 6.45) is 1.83. The summed E-state index contributed by atoms with van der Waals surface area (Å²) in [6, 6.07) is 12.7. The lowest BCUT2D eigenvalue weighted by Gasteiger charge is -2.13. The highest BCUT2D eigenvalue weighted by Gasteiger charge is 2.22. The number of carbonyl (C=O) groups is 2. The smallest absolute Gasteiger partial charge is 0.357 e. The van der Waals surface area contributed by atoms with Crippen LogP contribution in [0.3, 0.4) is 0 Å². The van der Waals surface area contributed by atoms with E-state index >= 15 is 0 Å². The summed E-state index contributed by atoms with van der Waals surface area (Å²) in [7, 11) is 0. The molecule has 0 bridgehead atoms. The van der Waals surface area contributed by atoms with Crippen molar-refractivity contribution in [3.8, 4) is 5.69 Å². The lowest BCUT2D eigenvalue weighted by molar-refractivity contribution is 0.0311. The second-order valence-electron chi connectivity index (χ2n) is 5.90. The normalized spacial score (nSPS) is 11.8. The lowest BCUT2D eigenvalue weighted by Crippen LogP contribution is -2.25. The molecule has 132 valence electrons. The van der Waals surface area contributed by atoms with Crippen LogP contribution in [-0.2, 0) is 4.74 Å². The summed E-state index contributed by atoms with van der Waals surface area (Å²) in [5.41, 5.74) is 2.23. The first-order valence-corrected chi connectivity index (χ1v) is 8.06. The molecule has 1 heterocycles. The summed E-state index contributed by atoms with van der Waals surface area (Å²) < 4.78 is 19.9. The van der Waals surface area contributed by atoms with Crippen LogP contribution in [0.2, 0.25) is 0 Å². The summed E-state index contributed by atoms with van der Waals surface area (Å²) >= 11 is 0. The summed E-state index contributed by atoms with van der Waals surface area (Å²) in [5, 5.41) is 0. The van der Waals surface area contributed by atoms with Gasteiger partial charge in [0.15, 0.2) is 11.8 Å². The Bertz CT molecular complexity index is 930. The van der Waals surface area contributed by atoms with Crippen molar-refractivity contribution in [1.82, 2.24) is 9.55 Å². The number of hydrogen-bond donors (Lipinski definition) is 0. The Morgan fingerprint density at radius 3 is 2.38 bits per heavy atom. The molecule has 2 aromatic carbocycles. The van der Waals surface area contributed by atoms with E-state index < -0.39 is 12.1 Å². The molecule has 0 aliphatic carbocycles. The highest BCUT2D eigenvalue weighted by molar-refractivity contribution is 6.01. The van der Waals surface area contributed by atoms with Crippen LogP contribution in [0.1, 0.15) is 33.3 Å². The number of ether oxygens (including phenoxy) is 1. The molecular formula is C20H17FN2O3. The van der Waals surface area contributed by atoms with Crippen LogP contribution in [0, 0.1) is 12.7 Å². The van der Waals surface area contributed by atoms with E-state index in [1.807, 2.05) is 19.1 Å². The van der Waals surface area contributed by atoms with Crippen molar-refractivity contribution in [2.75, 3.05) is 0 Å². The monoisotopic (exact) mass is 352 g/mol. The highest BCUT2D eigenvalue weighted by Crippen LogP contribution is 2.15. The van der Waals surface area contributed by atoms with Crippen LogP contribution in [0.4, 0.5) is 4.39 Å². The van der Waals surface area contributed by atoms with Gasteiger partial charge in [-0.3, -0.25) is 9.36 Å². The first kappa shape index (κ1) is 17.5. The van der Waals surface area contributed by atoms with Gasteiger partial charge in [-0.15, -0.1) is 0 Å². The van der Waals surface area contributed by atoms with Gasteiger partial charge in [-0.25, -0.2) is 14.2 Å². The number of hydrogen-bond acceptors (Lipinski definition) is 4. The maximum Gasteiger partial charge on any atom is 0.357 e. The minimum absolute atomic E-state index is 0.153. The average molecular weight is 352 g/mol. The van der Waals surface area contributed by atoms with E-state index in [2.05, 4.69) is 4.98 Å². The first-order chi connectivity index (χ1) is 12.5. The number of aromatic nitrogens is 2. The third-order valence-electron chi connectivity index (χ3n) is 3.94. The van der Waals surface area contributed by atoms with Crippen molar-refractivity contribution in [1.29, 1.82) is 0 Å². The van der Waals surface area contributed by atoms with Gasteiger partial charge in [0, 0.05) is 11.3 Å². The van der Waals surface area contributed by atoms with Gasteiger partial charge in [-0.2, -0.15) is 0 Å². The van der Waals surface area contributed by atoms with E-state index in [0.29, 0.717) is 11.3 Å². The fourth-order valence-electron chi connectivity index (χ4n) is 2.48. The lowest BCUT2D eigenvalue weighted by atomic mass is 10.1. The zero-order valence-corrected chi connectivity index (χ0v) is 14.3. The third kappa shape index (κ3) is 3.69. The summed E-state index contributed by atoms with van der Waals surface area (Å²) in [6.45, 7) is 3.45. The zero-order chi connectivity index (χ0) is 18.7. The fourth-order valence-corrected chi connectivity index (χ4v) is 2.48. The highest BCUT2D eigenvalue weighted by atomic mass is 19.1. The van der Waals surface area contributed by atoms with Gasteiger partial charge in [0.25, 0.3) is 0 Å². The minimum Gasteiger partial charge on any atom is -0.450 e. The van der Waals surface area contributed by atoms with E-state index in [0.717, 1.165) is 5.56 Å². The Morgan fingerprint density at radius 1 is 1.08 bits per heavy atom. The van der Waals surface area contributed by atoms with Gasteiger partial charge < -0.3 is 4.74 Å². The number of benzene rings is 2. The van der Waals surface area contributed by atoms with Crippen molar-refractivity contribution in [2.24, 2.45) is 0 Å². The number of halogens is 1. The molecule has 0 radical (unpaired) electrons. The second-order valence-corrected chi connectivity index (χ2v) is 5.90. The quantitative estimate of drug-likeness (QED) is 0.518. The van der Waals surface area contributed by atoms with Gasteiger partial charge in [0.1, 0.15) is 5.82 Å². The Kier molecular flexibility index (Phi) is 4.93. The predicted molar refractivity (Wildman–Crippen MR) is 93.9 cm³/mol. The fraction of sp³-hybridized carbons (Fsp3) is 0.150. The molecule has 3 rings (SSSR count). The number of nitrogens with zero attached hydrogens (tertiary/aromatic N) is 2. The van der Waals surface area contributed by atoms with Crippen LogP contribution in [-0.4, -0.2) is 27.4 Å². The van der Waals surface area contributed by atoms with Crippen molar-refractivity contribution >= 4 is 11.8 Å². The molecule has 0 saturated heterocycles. The van der Waals surface area contributed by atoms with Crippen LogP contribution in [0.5, 0.6) is 0 Å². The molecular weight excluding hydrogens is 335 g/mol. The molecule has 0 aliphatic heterocycles. The SMILES string of the molecule is Cc1ccc(C(=O)C(C)OC(=O)c2cncn2-c2ccc(F)cc2)cc1. The number of Topliss-reactive ketones (excluding diaryl/α,β-unsaturated/α-hetero) is 1. The van der Waals surface area contributed by atoms with Crippen LogP contribution >= 0.6 is 0 Å². The zero-order valence-electron chi connectivity index (χ0n) is 14.3. The Morgan fingerprint density at radius 2 is 1.73 bits per heavy atom. The van der Waals surface area contributed by atoms with Gasteiger partial charge >= 0.3 is 5.97 Å². The Labute approximate surface area is 150 Å². The molecule has 6 heteroatoms. The summed E-state index contributed by atoms with van der Waals surface area (Å²) in [4.78, 5) is 28.8. The molecule has 0 N–H and O–H groups in total. The molecule has 3 aromatic rings. The van der Waals surface area contributed by atoms with Crippen molar-refractivity contribution in [2.45, 2.75) is 20.0 Å². The maximum atomic E-state index is 13.1. The molecule has 26 heavy (non-hydrogen) atoms. The molecule has 0 fully saturated rings. The standard InChI is InChI=1S/C20H17FN2O3/c1-13-3-5-15(6-4-13)19(24)14(2)26-20(25)18-11-22-12-23(18)17-9-7-16(21)8-10-17/h3-12,14H,1-2H3. The number of aryl methyl sites for hydroxylation is 1. The third-order valence-corrected chi connectivity index (χ3v) is 3.94. The molecule has 0 spiro atoms. The van der Waals surface area contributed by atoms with Gasteiger partial charge in [0.05, 0.1) is 12.5 Å². The van der Waals surface area contributed by atoms with Crippen LogP contribution in [0.25, 0.3) is 5.69 Å². The van der Waals surface area contributed by atoms with Gasteiger partial charge in [-0.05, 0) is 38.1 Å². The van der Waals surface area contributed by atoms with E-state index in [1.165, 1.54) is 48.3 Å². The average Bonchev–Trinajstić information content (AvgIpc) is 3.12. The van der Waals surface area contributed by atoms with E-state index in [1.54, 1.807) is 12.1 Å². The number of carbonyl (C=O) groups excluding carboxylic acids is 2. The van der Waals surface area contributed by atoms with Crippen LogP contribution < -0.4 is 0 Å². The number of rotatable bonds is 5. The molecule has 1 unspecified atom stereocenters. The Balaban J connectivity index is 1.76. The maximum absolute atomic E-state index is 13.1. The van der Waals surface area contributed by atoms with Crippen molar-refractivity contribution in [3.05, 3.63) is 83.7 Å². The minimum atomic E-state index is -0.943. The van der Waals surface area contributed by atoms with E-state index in [4.69, 9.17) is 4.74 Å². The second kappa shape index (κ2) is 7.31. The predicted octanol–water partition coefficient (Wildman–Crippen LogP) is 3.75. The first-order valence-electron chi connectivity index (χ1n) is 8.06.